The van der Waals surface area contributed by atoms with Crippen LogP contribution in [0, 0.1) is 12.8 Å². The summed E-state index contributed by atoms with van der Waals surface area (Å²) >= 11 is 0. The lowest BCUT2D eigenvalue weighted by Crippen LogP contribution is -2.26. The lowest BCUT2D eigenvalue weighted by atomic mass is 9.79. The van der Waals surface area contributed by atoms with Crippen LogP contribution in [0.5, 0.6) is 0 Å². The number of hydrogen-bond donors (Lipinski definition) is 1. The predicted octanol–water partition coefficient (Wildman–Crippen LogP) is 3.82. The van der Waals surface area contributed by atoms with Crippen LogP contribution < -0.4 is 5.32 Å². The quantitative estimate of drug-likeness (QED) is 0.790. The second kappa shape index (κ2) is 5.53. The zero-order valence-corrected chi connectivity index (χ0v) is 10.5. The highest BCUT2D eigenvalue weighted by Crippen LogP contribution is 2.35. The van der Waals surface area contributed by atoms with Crippen LogP contribution in [-0.2, 0) is 0 Å². The highest BCUT2D eigenvalue weighted by atomic mass is 16.3. The second-order valence-electron chi connectivity index (χ2n) is 4.97. The Bertz CT molecular complexity index is 314. The van der Waals surface area contributed by atoms with Crippen molar-refractivity contribution in [1.82, 2.24) is 5.32 Å². The van der Waals surface area contributed by atoms with E-state index in [4.69, 9.17) is 4.42 Å². The van der Waals surface area contributed by atoms with E-state index >= 15 is 0 Å². The van der Waals surface area contributed by atoms with Crippen molar-refractivity contribution in [2.24, 2.45) is 5.92 Å². The first-order chi connectivity index (χ1) is 7.81. The molecule has 16 heavy (non-hydrogen) atoms. The number of hydrogen-bond acceptors (Lipinski definition) is 2. The van der Waals surface area contributed by atoms with E-state index in [-0.39, 0.29) is 0 Å². The van der Waals surface area contributed by atoms with E-state index in [1.807, 2.05) is 6.26 Å². The average Bonchev–Trinajstić information content (AvgIpc) is 2.62. The van der Waals surface area contributed by atoms with Gasteiger partial charge in [0.2, 0.25) is 0 Å². The Morgan fingerprint density at radius 3 is 2.81 bits per heavy atom. The first kappa shape index (κ1) is 11.7. The molecular formula is C14H23NO. The van der Waals surface area contributed by atoms with Gasteiger partial charge < -0.3 is 9.73 Å². The minimum atomic E-state index is 0.504. The fourth-order valence-electron chi connectivity index (χ4n) is 2.46. The SMILES string of the molecule is CCCNC(CC1CCC1)c1ccoc1C. The smallest absolute Gasteiger partial charge is 0.105 e. The molecule has 0 radical (unpaired) electrons. The van der Waals surface area contributed by atoms with E-state index in [1.54, 1.807) is 0 Å². The Hall–Kier alpha value is -0.760. The molecule has 1 aliphatic rings. The van der Waals surface area contributed by atoms with Gasteiger partial charge in [0.25, 0.3) is 0 Å². The minimum Gasteiger partial charge on any atom is -0.469 e. The maximum absolute atomic E-state index is 5.42. The fourth-order valence-corrected chi connectivity index (χ4v) is 2.46. The number of nitrogens with one attached hydrogen (secondary N) is 1. The molecule has 0 saturated heterocycles. The highest BCUT2D eigenvalue weighted by Gasteiger charge is 2.24. The first-order valence-corrected chi connectivity index (χ1v) is 6.58. The van der Waals surface area contributed by atoms with Gasteiger partial charge in [0, 0.05) is 11.6 Å². The monoisotopic (exact) mass is 221 g/mol. The predicted molar refractivity (Wildman–Crippen MR) is 66.4 cm³/mol. The molecule has 2 heteroatoms. The average molecular weight is 221 g/mol. The van der Waals surface area contributed by atoms with E-state index in [9.17, 15) is 0 Å². The van der Waals surface area contributed by atoms with Crippen LogP contribution >= 0.6 is 0 Å². The van der Waals surface area contributed by atoms with Gasteiger partial charge in [-0.2, -0.15) is 0 Å². The molecule has 1 aromatic rings. The van der Waals surface area contributed by atoms with Crippen molar-refractivity contribution < 1.29 is 4.42 Å². The molecule has 1 heterocycles. The fraction of sp³-hybridized carbons (Fsp3) is 0.714. The number of rotatable bonds is 6. The number of aryl methyl sites for hydroxylation is 1. The summed E-state index contributed by atoms with van der Waals surface area (Å²) in [5.41, 5.74) is 1.36. The Balaban J connectivity index is 1.98. The van der Waals surface area contributed by atoms with E-state index in [2.05, 4.69) is 25.2 Å². The van der Waals surface area contributed by atoms with Crippen molar-refractivity contribution in [3.8, 4) is 0 Å². The molecule has 1 saturated carbocycles. The van der Waals surface area contributed by atoms with E-state index < -0.39 is 0 Å². The molecule has 2 nitrogen and oxygen atoms in total. The lowest BCUT2D eigenvalue weighted by Gasteiger charge is -2.30. The molecule has 0 aromatic carbocycles. The normalized spacial score (nSPS) is 18.4. The number of furan rings is 1. The standard InChI is InChI=1S/C14H23NO/c1-3-8-15-14(10-12-5-4-6-12)13-7-9-16-11(13)2/h7,9,12,14-15H,3-6,8,10H2,1-2H3. The van der Waals surface area contributed by atoms with Crippen molar-refractivity contribution >= 4 is 0 Å². The summed E-state index contributed by atoms with van der Waals surface area (Å²) in [5, 5.41) is 3.65. The lowest BCUT2D eigenvalue weighted by molar-refractivity contribution is 0.260. The second-order valence-corrected chi connectivity index (χ2v) is 4.97. The van der Waals surface area contributed by atoms with E-state index in [1.165, 1.54) is 37.7 Å². The van der Waals surface area contributed by atoms with Gasteiger partial charge in [0.15, 0.2) is 0 Å². The van der Waals surface area contributed by atoms with Gasteiger partial charge in [-0.3, -0.25) is 0 Å². The van der Waals surface area contributed by atoms with Crippen molar-refractivity contribution in [1.29, 1.82) is 0 Å². The summed E-state index contributed by atoms with van der Waals surface area (Å²) in [6.07, 6.45) is 8.54. The van der Waals surface area contributed by atoms with Crippen LogP contribution in [0.3, 0.4) is 0 Å². The van der Waals surface area contributed by atoms with E-state index in [0.29, 0.717) is 6.04 Å². The highest BCUT2D eigenvalue weighted by molar-refractivity contribution is 5.20. The third kappa shape index (κ3) is 2.67. The summed E-state index contributed by atoms with van der Waals surface area (Å²) in [6, 6.07) is 2.63. The van der Waals surface area contributed by atoms with Gasteiger partial charge in [-0.15, -0.1) is 0 Å². The zero-order valence-electron chi connectivity index (χ0n) is 10.5. The van der Waals surface area contributed by atoms with Gasteiger partial charge in [0.05, 0.1) is 6.26 Å². The van der Waals surface area contributed by atoms with Crippen LogP contribution in [0.1, 0.15) is 56.4 Å². The van der Waals surface area contributed by atoms with Crippen molar-refractivity contribution in [3.63, 3.8) is 0 Å². The summed E-state index contributed by atoms with van der Waals surface area (Å²) < 4.78 is 5.42. The molecule has 2 rings (SSSR count). The third-order valence-corrected chi connectivity index (χ3v) is 3.71. The van der Waals surface area contributed by atoms with Crippen molar-refractivity contribution in [2.45, 2.75) is 52.0 Å². The molecule has 0 aliphatic heterocycles. The zero-order chi connectivity index (χ0) is 11.4. The Labute approximate surface area is 98.4 Å². The summed E-state index contributed by atoms with van der Waals surface area (Å²) in [4.78, 5) is 0. The maximum Gasteiger partial charge on any atom is 0.105 e. The molecule has 1 aromatic heterocycles. The molecule has 1 aliphatic carbocycles. The van der Waals surface area contributed by atoms with Gasteiger partial charge >= 0.3 is 0 Å². The van der Waals surface area contributed by atoms with Crippen LogP contribution in [0.4, 0.5) is 0 Å². The largest absolute Gasteiger partial charge is 0.469 e. The molecule has 90 valence electrons. The Morgan fingerprint density at radius 2 is 2.31 bits per heavy atom. The van der Waals surface area contributed by atoms with Crippen LogP contribution in [-0.4, -0.2) is 6.54 Å². The van der Waals surface area contributed by atoms with Crippen LogP contribution in [0.15, 0.2) is 16.7 Å². The molecule has 0 spiro atoms. The molecule has 1 atom stereocenters. The van der Waals surface area contributed by atoms with Gasteiger partial charge in [-0.1, -0.05) is 26.2 Å². The van der Waals surface area contributed by atoms with Gasteiger partial charge in [0.1, 0.15) is 5.76 Å². The Morgan fingerprint density at radius 1 is 1.50 bits per heavy atom. The molecule has 0 bridgehead atoms. The molecule has 1 N–H and O–H groups in total. The Kier molecular flexibility index (Phi) is 4.05. The van der Waals surface area contributed by atoms with Gasteiger partial charge in [-0.25, -0.2) is 0 Å². The van der Waals surface area contributed by atoms with Crippen molar-refractivity contribution in [2.75, 3.05) is 6.54 Å². The summed E-state index contributed by atoms with van der Waals surface area (Å²) in [5.74, 6) is 2.01. The molecular weight excluding hydrogens is 198 g/mol. The third-order valence-electron chi connectivity index (χ3n) is 3.71. The molecule has 0 amide bonds. The first-order valence-electron chi connectivity index (χ1n) is 6.58. The van der Waals surface area contributed by atoms with E-state index in [0.717, 1.165) is 18.2 Å². The maximum atomic E-state index is 5.42. The topological polar surface area (TPSA) is 25.2 Å². The van der Waals surface area contributed by atoms with Crippen LogP contribution in [0.25, 0.3) is 0 Å². The molecule has 1 unspecified atom stereocenters. The molecule has 1 fully saturated rings. The van der Waals surface area contributed by atoms with Crippen molar-refractivity contribution in [3.05, 3.63) is 23.7 Å². The van der Waals surface area contributed by atoms with Crippen LogP contribution in [0.2, 0.25) is 0 Å². The summed E-state index contributed by atoms with van der Waals surface area (Å²) in [6.45, 7) is 5.38. The van der Waals surface area contributed by atoms with Gasteiger partial charge in [-0.05, 0) is 38.3 Å². The summed E-state index contributed by atoms with van der Waals surface area (Å²) in [7, 11) is 0. The minimum absolute atomic E-state index is 0.504.